The van der Waals surface area contributed by atoms with Crippen molar-refractivity contribution in [2.45, 2.75) is 238 Å². The first-order chi connectivity index (χ1) is 26.5. The number of hydrogen-bond donors (Lipinski definition) is 3. The molecule has 0 fully saturated rings. The van der Waals surface area contributed by atoms with Gasteiger partial charge in [-0.3, -0.25) is 13.8 Å². The number of phosphoric acid groups is 1. The lowest BCUT2D eigenvalue weighted by Gasteiger charge is -2.25. The quantitative estimate of drug-likeness (QED) is 0.0245. The summed E-state index contributed by atoms with van der Waals surface area (Å²) >= 11 is 0. The van der Waals surface area contributed by atoms with E-state index in [1.165, 1.54) is 173 Å². The monoisotopic (exact) mass is 802 g/mol. The molecule has 8 nitrogen and oxygen atoms in total. The minimum atomic E-state index is -4.32. The third-order valence-electron chi connectivity index (χ3n) is 10.8. The van der Waals surface area contributed by atoms with Crippen LogP contribution in [0.4, 0.5) is 0 Å². The van der Waals surface area contributed by atoms with Gasteiger partial charge in [0.05, 0.1) is 39.9 Å². The van der Waals surface area contributed by atoms with Crippen molar-refractivity contribution in [1.29, 1.82) is 0 Å². The molecular weight excluding hydrogens is 707 g/mol. The Morgan fingerprint density at radius 3 is 1.35 bits per heavy atom. The van der Waals surface area contributed by atoms with E-state index in [0.717, 1.165) is 32.1 Å². The second kappa shape index (κ2) is 38.7. The van der Waals surface area contributed by atoms with E-state index in [-0.39, 0.29) is 19.1 Å². The summed E-state index contributed by atoms with van der Waals surface area (Å²) < 4.78 is 23.4. The van der Waals surface area contributed by atoms with E-state index in [9.17, 15) is 19.4 Å². The van der Waals surface area contributed by atoms with E-state index in [1.807, 2.05) is 27.2 Å². The van der Waals surface area contributed by atoms with Gasteiger partial charge in [0.2, 0.25) is 5.91 Å². The van der Waals surface area contributed by atoms with E-state index in [4.69, 9.17) is 9.05 Å². The van der Waals surface area contributed by atoms with Gasteiger partial charge in [0.15, 0.2) is 0 Å². The highest BCUT2D eigenvalue weighted by Gasteiger charge is 2.27. The number of phosphoric ester groups is 1. The fourth-order valence-corrected chi connectivity index (χ4v) is 7.72. The second-order valence-corrected chi connectivity index (χ2v) is 18.9. The zero-order chi connectivity index (χ0) is 40.7. The number of amides is 1. The minimum Gasteiger partial charge on any atom is -0.387 e. The standard InChI is InChI=1S/C46H93N2O6P/c1-6-8-10-12-14-15-16-17-18-19-20-21-22-23-24-25-26-27-28-29-30-31-32-33-34-35-37-39-45(49)44(47-46(50)40-38-36-13-11-9-7-2)43-54-55(51,52)53-42-41-48(3,4)5/h37,39,44-45,49H,6-36,38,40-43H2,1-5H3,(H-,47,50,51,52)/p+1/b39-37+. The normalized spacial score (nSPS) is 14.4. The van der Waals surface area contributed by atoms with Crippen LogP contribution in [0.25, 0.3) is 0 Å². The molecule has 0 heterocycles. The molecular formula is C46H94N2O6P+. The highest BCUT2D eigenvalue weighted by atomic mass is 31.2. The van der Waals surface area contributed by atoms with Crippen LogP contribution in [0.3, 0.4) is 0 Å². The Morgan fingerprint density at radius 1 is 0.600 bits per heavy atom. The summed E-state index contributed by atoms with van der Waals surface area (Å²) in [7, 11) is 1.58. The molecule has 0 bridgehead atoms. The lowest BCUT2D eigenvalue weighted by Crippen LogP contribution is -2.45. The molecule has 55 heavy (non-hydrogen) atoms. The molecule has 0 aliphatic carbocycles. The average Bonchev–Trinajstić information content (AvgIpc) is 3.13. The number of nitrogens with one attached hydrogen (secondary N) is 1. The summed E-state index contributed by atoms with van der Waals surface area (Å²) in [5, 5.41) is 13.7. The van der Waals surface area contributed by atoms with Crippen molar-refractivity contribution >= 4 is 13.7 Å². The summed E-state index contributed by atoms with van der Waals surface area (Å²) in [5.74, 6) is -0.185. The molecule has 0 saturated heterocycles. The molecule has 0 radical (unpaired) electrons. The first kappa shape index (κ1) is 54.2. The number of unbranched alkanes of at least 4 members (excludes halogenated alkanes) is 30. The van der Waals surface area contributed by atoms with Crippen molar-refractivity contribution in [1.82, 2.24) is 5.32 Å². The van der Waals surface area contributed by atoms with Crippen LogP contribution in [0.2, 0.25) is 0 Å². The number of carbonyl (C=O) groups excluding carboxylic acids is 1. The summed E-state index contributed by atoms with van der Waals surface area (Å²) in [5.41, 5.74) is 0. The fraction of sp³-hybridized carbons (Fsp3) is 0.935. The maximum atomic E-state index is 12.7. The van der Waals surface area contributed by atoms with Crippen molar-refractivity contribution in [3.8, 4) is 0 Å². The number of quaternary nitrogens is 1. The number of nitrogens with zero attached hydrogens (tertiary/aromatic N) is 1. The second-order valence-electron chi connectivity index (χ2n) is 17.5. The zero-order valence-electron chi connectivity index (χ0n) is 37.2. The molecule has 1 amide bonds. The van der Waals surface area contributed by atoms with E-state index in [1.54, 1.807) is 6.08 Å². The third-order valence-corrected chi connectivity index (χ3v) is 11.7. The Kier molecular flexibility index (Phi) is 38.2. The van der Waals surface area contributed by atoms with Crippen LogP contribution in [-0.2, 0) is 18.4 Å². The van der Waals surface area contributed by atoms with Gasteiger partial charge in [-0.1, -0.05) is 212 Å². The Morgan fingerprint density at radius 2 is 0.964 bits per heavy atom. The topological polar surface area (TPSA) is 105 Å². The number of aliphatic hydroxyl groups is 1. The van der Waals surface area contributed by atoms with Gasteiger partial charge in [-0.2, -0.15) is 0 Å². The van der Waals surface area contributed by atoms with Crippen LogP contribution in [0.5, 0.6) is 0 Å². The van der Waals surface area contributed by atoms with Crippen LogP contribution < -0.4 is 5.32 Å². The predicted octanol–water partition coefficient (Wildman–Crippen LogP) is 13.1. The lowest BCUT2D eigenvalue weighted by atomic mass is 10.0. The van der Waals surface area contributed by atoms with Crippen LogP contribution in [-0.4, -0.2) is 73.4 Å². The molecule has 0 saturated carbocycles. The van der Waals surface area contributed by atoms with Crippen molar-refractivity contribution in [3.63, 3.8) is 0 Å². The Bertz CT molecular complexity index is 911. The molecule has 0 aromatic heterocycles. The number of hydrogen-bond acceptors (Lipinski definition) is 5. The SMILES string of the molecule is CCCCCCCCCCCCCCCCCCCCCCCCCCC/C=C/C(O)C(COP(=O)(O)OCC[N+](C)(C)C)NC(=O)CCCCCCCC. The van der Waals surface area contributed by atoms with Gasteiger partial charge in [0.25, 0.3) is 0 Å². The van der Waals surface area contributed by atoms with Crippen molar-refractivity contribution < 1.29 is 32.9 Å². The molecule has 328 valence electrons. The van der Waals surface area contributed by atoms with E-state index < -0.39 is 20.0 Å². The summed E-state index contributed by atoms with van der Waals surface area (Å²) in [6, 6.07) is -0.838. The van der Waals surface area contributed by atoms with E-state index in [2.05, 4.69) is 19.2 Å². The summed E-state index contributed by atoms with van der Waals surface area (Å²) in [6.45, 7) is 4.76. The van der Waals surface area contributed by atoms with Crippen molar-refractivity contribution in [2.75, 3.05) is 40.9 Å². The largest absolute Gasteiger partial charge is 0.472 e. The molecule has 3 atom stereocenters. The van der Waals surface area contributed by atoms with Crippen LogP contribution >= 0.6 is 7.82 Å². The number of allylic oxidation sites excluding steroid dienone is 1. The lowest BCUT2D eigenvalue weighted by molar-refractivity contribution is -0.870. The van der Waals surface area contributed by atoms with Gasteiger partial charge < -0.3 is 19.8 Å². The fourth-order valence-electron chi connectivity index (χ4n) is 6.98. The van der Waals surface area contributed by atoms with Gasteiger partial charge >= 0.3 is 7.82 Å². The molecule has 9 heteroatoms. The summed E-state index contributed by atoms with van der Waals surface area (Å²) in [4.78, 5) is 22.9. The highest BCUT2D eigenvalue weighted by molar-refractivity contribution is 7.47. The molecule has 0 aliphatic heterocycles. The molecule has 0 rings (SSSR count). The maximum Gasteiger partial charge on any atom is 0.472 e. The van der Waals surface area contributed by atoms with Gasteiger partial charge in [0, 0.05) is 6.42 Å². The summed E-state index contributed by atoms with van der Waals surface area (Å²) in [6.07, 6.45) is 44.8. The first-order valence-electron chi connectivity index (χ1n) is 23.6. The third kappa shape index (κ3) is 41.2. The molecule has 0 aromatic rings. The first-order valence-corrected chi connectivity index (χ1v) is 25.1. The smallest absolute Gasteiger partial charge is 0.387 e. The van der Waals surface area contributed by atoms with Crippen molar-refractivity contribution in [3.05, 3.63) is 12.2 Å². The van der Waals surface area contributed by atoms with Crippen LogP contribution in [0, 0.1) is 0 Å². The zero-order valence-corrected chi connectivity index (χ0v) is 38.1. The molecule has 3 unspecified atom stereocenters. The average molecular weight is 802 g/mol. The molecule has 0 spiro atoms. The molecule has 0 aromatic carbocycles. The van der Waals surface area contributed by atoms with Gasteiger partial charge in [-0.25, -0.2) is 4.57 Å². The molecule has 0 aliphatic rings. The van der Waals surface area contributed by atoms with E-state index in [0.29, 0.717) is 17.4 Å². The van der Waals surface area contributed by atoms with Gasteiger partial charge in [-0.15, -0.1) is 0 Å². The van der Waals surface area contributed by atoms with Crippen LogP contribution in [0.15, 0.2) is 12.2 Å². The highest BCUT2D eigenvalue weighted by Crippen LogP contribution is 2.43. The molecule has 3 N–H and O–H groups in total. The van der Waals surface area contributed by atoms with Crippen LogP contribution in [0.1, 0.15) is 226 Å². The Hall–Kier alpha value is -0.760. The van der Waals surface area contributed by atoms with Gasteiger partial charge in [0.1, 0.15) is 13.2 Å². The maximum absolute atomic E-state index is 12.7. The van der Waals surface area contributed by atoms with Crippen molar-refractivity contribution in [2.24, 2.45) is 0 Å². The number of likely N-dealkylation sites (N-methyl/N-ethyl adjacent to an activating group) is 1. The predicted molar refractivity (Wildman–Crippen MR) is 235 cm³/mol. The minimum absolute atomic E-state index is 0.0639. The van der Waals surface area contributed by atoms with E-state index >= 15 is 0 Å². The number of rotatable bonds is 43. The number of aliphatic hydroxyl groups excluding tert-OH is 1. The van der Waals surface area contributed by atoms with Gasteiger partial charge in [-0.05, 0) is 19.3 Å². The Labute approximate surface area is 342 Å². The Balaban J connectivity index is 4.02. The number of carbonyl (C=O) groups is 1.